The molecule has 0 bridgehead atoms. The van der Waals surface area contributed by atoms with Crippen LogP contribution in [0.25, 0.3) is 0 Å². The molecule has 0 fully saturated rings. The van der Waals surface area contributed by atoms with Crippen LogP contribution >= 0.6 is 0 Å². The van der Waals surface area contributed by atoms with Crippen LogP contribution in [0.15, 0.2) is 30.3 Å². The molecule has 2 N–H and O–H groups in total. The van der Waals surface area contributed by atoms with Crippen molar-refractivity contribution in [3.63, 3.8) is 0 Å². The molecule has 0 aromatic heterocycles. The fourth-order valence-corrected chi connectivity index (χ4v) is 1.66. The second kappa shape index (κ2) is 6.92. The summed E-state index contributed by atoms with van der Waals surface area (Å²) in [5.74, 6) is 0. The van der Waals surface area contributed by atoms with E-state index in [1.807, 2.05) is 30.3 Å². The fraction of sp³-hybridized carbons (Fsp3) is 0.467. The average Bonchev–Trinajstić information content (AvgIpc) is 2.36. The van der Waals surface area contributed by atoms with Crippen molar-refractivity contribution >= 4 is 6.09 Å². The maximum Gasteiger partial charge on any atom is 0.408 e. The van der Waals surface area contributed by atoms with E-state index in [0.29, 0.717) is 6.42 Å². The van der Waals surface area contributed by atoms with Gasteiger partial charge in [0.25, 0.3) is 0 Å². The molecule has 0 aliphatic heterocycles. The molecule has 1 amide bonds. The SMILES string of the molecule is CC(C)(C)OC(=O)NC(Cc1ccccc1)[C@H](O)C#N. The summed E-state index contributed by atoms with van der Waals surface area (Å²) in [4.78, 5) is 11.7. The number of nitriles is 1. The average molecular weight is 276 g/mol. The summed E-state index contributed by atoms with van der Waals surface area (Å²) in [7, 11) is 0. The van der Waals surface area contributed by atoms with E-state index in [1.165, 1.54) is 0 Å². The summed E-state index contributed by atoms with van der Waals surface area (Å²) in [5, 5.41) is 21.1. The molecule has 0 aliphatic rings. The predicted molar refractivity (Wildman–Crippen MR) is 74.9 cm³/mol. The minimum Gasteiger partial charge on any atom is -0.444 e. The van der Waals surface area contributed by atoms with Crippen LogP contribution in [-0.4, -0.2) is 28.9 Å². The van der Waals surface area contributed by atoms with Gasteiger partial charge in [-0.15, -0.1) is 0 Å². The molecule has 5 heteroatoms. The molecule has 1 unspecified atom stereocenters. The topological polar surface area (TPSA) is 82.3 Å². The van der Waals surface area contributed by atoms with Gasteiger partial charge in [-0.3, -0.25) is 0 Å². The predicted octanol–water partition coefficient (Wildman–Crippen LogP) is 2.01. The number of rotatable bonds is 4. The van der Waals surface area contributed by atoms with E-state index in [2.05, 4.69) is 5.32 Å². The van der Waals surface area contributed by atoms with Crippen molar-refractivity contribution in [2.75, 3.05) is 0 Å². The van der Waals surface area contributed by atoms with Crippen LogP contribution in [0.2, 0.25) is 0 Å². The molecule has 5 nitrogen and oxygen atoms in total. The molecule has 1 aromatic rings. The number of hydrogen-bond acceptors (Lipinski definition) is 4. The molecule has 108 valence electrons. The minimum atomic E-state index is -1.29. The van der Waals surface area contributed by atoms with Crippen molar-refractivity contribution in [3.05, 3.63) is 35.9 Å². The number of carbonyl (C=O) groups excluding carboxylic acids is 1. The number of alkyl carbamates (subject to hydrolysis) is 1. The highest BCUT2D eigenvalue weighted by Gasteiger charge is 2.24. The van der Waals surface area contributed by atoms with Crippen molar-refractivity contribution in [1.82, 2.24) is 5.32 Å². The Bertz CT molecular complexity index is 474. The quantitative estimate of drug-likeness (QED) is 0.824. The third-order valence-electron chi connectivity index (χ3n) is 2.51. The first-order valence-electron chi connectivity index (χ1n) is 6.43. The number of aliphatic hydroxyl groups is 1. The first-order chi connectivity index (χ1) is 9.31. The third kappa shape index (κ3) is 5.72. The van der Waals surface area contributed by atoms with E-state index in [1.54, 1.807) is 26.8 Å². The lowest BCUT2D eigenvalue weighted by Crippen LogP contribution is -2.46. The van der Waals surface area contributed by atoms with Gasteiger partial charge in [0.05, 0.1) is 12.1 Å². The van der Waals surface area contributed by atoms with Crippen LogP contribution in [0.4, 0.5) is 4.79 Å². The molecule has 1 aromatic carbocycles. The van der Waals surface area contributed by atoms with Crippen molar-refractivity contribution in [2.45, 2.75) is 44.9 Å². The Morgan fingerprint density at radius 3 is 2.50 bits per heavy atom. The van der Waals surface area contributed by atoms with Crippen LogP contribution in [0, 0.1) is 11.3 Å². The minimum absolute atomic E-state index is 0.356. The Balaban J connectivity index is 2.71. The van der Waals surface area contributed by atoms with Gasteiger partial charge >= 0.3 is 6.09 Å². The zero-order valence-corrected chi connectivity index (χ0v) is 12.0. The van der Waals surface area contributed by atoms with Gasteiger partial charge in [0.2, 0.25) is 0 Å². The Morgan fingerprint density at radius 2 is 2.00 bits per heavy atom. The number of hydrogen-bond donors (Lipinski definition) is 2. The van der Waals surface area contributed by atoms with Gasteiger partial charge in [-0.05, 0) is 32.8 Å². The lowest BCUT2D eigenvalue weighted by Gasteiger charge is -2.24. The molecule has 0 spiro atoms. The van der Waals surface area contributed by atoms with Crippen molar-refractivity contribution in [3.8, 4) is 6.07 Å². The van der Waals surface area contributed by atoms with Gasteiger partial charge in [0.1, 0.15) is 5.60 Å². The zero-order chi connectivity index (χ0) is 15.2. The fourth-order valence-electron chi connectivity index (χ4n) is 1.66. The lowest BCUT2D eigenvalue weighted by atomic mass is 10.0. The van der Waals surface area contributed by atoms with Crippen LogP contribution in [0.5, 0.6) is 0 Å². The largest absolute Gasteiger partial charge is 0.444 e. The highest BCUT2D eigenvalue weighted by molar-refractivity contribution is 5.68. The van der Waals surface area contributed by atoms with E-state index >= 15 is 0 Å². The zero-order valence-electron chi connectivity index (χ0n) is 12.0. The third-order valence-corrected chi connectivity index (χ3v) is 2.51. The molecule has 1 rings (SSSR count). The molecule has 20 heavy (non-hydrogen) atoms. The summed E-state index contributed by atoms with van der Waals surface area (Å²) in [6.07, 6.45) is -1.58. The number of aliphatic hydroxyl groups excluding tert-OH is 1. The number of benzene rings is 1. The normalized spacial score (nSPS) is 13.9. The van der Waals surface area contributed by atoms with Gasteiger partial charge < -0.3 is 15.2 Å². The lowest BCUT2D eigenvalue weighted by molar-refractivity contribution is 0.0459. The van der Waals surface area contributed by atoms with Crippen molar-refractivity contribution < 1.29 is 14.6 Å². The molecule has 0 saturated carbocycles. The second-order valence-corrected chi connectivity index (χ2v) is 5.52. The number of amides is 1. The van der Waals surface area contributed by atoms with E-state index in [4.69, 9.17) is 10.00 Å². The highest BCUT2D eigenvalue weighted by Crippen LogP contribution is 2.10. The summed E-state index contributed by atoms with van der Waals surface area (Å²) in [5.41, 5.74) is 0.293. The highest BCUT2D eigenvalue weighted by atomic mass is 16.6. The monoisotopic (exact) mass is 276 g/mol. The maximum atomic E-state index is 11.7. The van der Waals surface area contributed by atoms with E-state index < -0.39 is 23.8 Å². The van der Waals surface area contributed by atoms with E-state index in [9.17, 15) is 9.90 Å². The van der Waals surface area contributed by atoms with Gasteiger partial charge in [-0.25, -0.2) is 4.79 Å². The Morgan fingerprint density at radius 1 is 1.40 bits per heavy atom. The molecular weight excluding hydrogens is 256 g/mol. The number of nitrogens with one attached hydrogen (secondary N) is 1. The molecule has 0 aliphatic carbocycles. The number of ether oxygens (including phenoxy) is 1. The van der Waals surface area contributed by atoms with Gasteiger partial charge in [-0.2, -0.15) is 5.26 Å². The molecule has 2 atom stereocenters. The summed E-state index contributed by atoms with van der Waals surface area (Å²) in [6.45, 7) is 5.25. The Labute approximate surface area is 119 Å². The summed E-state index contributed by atoms with van der Waals surface area (Å²) >= 11 is 0. The number of carbonyl (C=O) groups is 1. The van der Waals surface area contributed by atoms with Crippen molar-refractivity contribution in [1.29, 1.82) is 5.26 Å². The molecule has 0 radical (unpaired) electrons. The Kier molecular flexibility index (Phi) is 5.53. The maximum absolute atomic E-state index is 11.7. The molecule has 0 saturated heterocycles. The first-order valence-corrected chi connectivity index (χ1v) is 6.43. The van der Waals surface area contributed by atoms with Crippen LogP contribution in [0.3, 0.4) is 0 Å². The standard InChI is InChI=1S/C15H20N2O3/c1-15(2,3)20-14(19)17-12(13(18)10-16)9-11-7-5-4-6-8-11/h4-8,12-13,18H,9H2,1-3H3,(H,17,19)/t12?,13-/m1/s1. The van der Waals surface area contributed by atoms with Crippen LogP contribution < -0.4 is 5.32 Å². The summed E-state index contributed by atoms with van der Waals surface area (Å²) in [6, 6.07) is 10.4. The van der Waals surface area contributed by atoms with Gasteiger partial charge in [-0.1, -0.05) is 30.3 Å². The summed E-state index contributed by atoms with van der Waals surface area (Å²) < 4.78 is 5.13. The van der Waals surface area contributed by atoms with Crippen LogP contribution in [-0.2, 0) is 11.2 Å². The van der Waals surface area contributed by atoms with Crippen molar-refractivity contribution in [2.24, 2.45) is 0 Å². The molecular formula is C15H20N2O3. The second-order valence-electron chi connectivity index (χ2n) is 5.52. The van der Waals surface area contributed by atoms with E-state index in [-0.39, 0.29) is 0 Å². The van der Waals surface area contributed by atoms with E-state index in [0.717, 1.165) is 5.56 Å². The first kappa shape index (κ1) is 16.0. The Hall–Kier alpha value is -2.06. The van der Waals surface area contributed by atoms with Gasteiger partial charge in [0, 0.05) is 0 Å². The van der Waals surface area contributed by atoms with Gasteiger partial charge in [0.15, 0.2) is 6.10 Å². The number of nitrogens with zero attached hydrogens (tertiary/aromatic N) is 1. The van der Waals surface area contributed by atoms with Crippen LogP contribution in [0.1, 0.15) is 26.3 Å². The smallest absolute Gasteiger partial charge is 0.408 e. The molecule has 0 heterocycles.